The van der Waals surface area contributed by atoms with Crippen LogP contribution < -0.4 is 4.90 Å². The molecule has 0 aromatic carbocycles. The SMILES string of the molecule is O=C(N1CCCC2(COCCN(c3cnccn3)C2)C1)C1(F)CC1. The summed E-state index contributed by atoms with van der Waals surface area (Å²) in [6.07, 6.45) is 7.71. The van der Waals surface area contributed by atoms with Crippen LogP contribution in [0, 0.1) is 5.41 Å². The highest BCUT2D eigenvalue weighted by Gasteiger charge is 2.54. The van der Waals surface area contributed by atoms with Crippen LogP contribution in [0.2, 0.25) is 0 Å². The van der Waals surface area contributed by atoms with E-state index in [0.29, 0.717) is 39.1 Å². The Morgan fingerprint density at radius 1 is 1.21 bits per heavy atom. The van der Waals surface area contributed by atoms with Crippen LogP contribution in [0.5, 0.6) is 0 Å². The predicted octanol–water partition coefficient (Wildman–Crippen LogP) is 1.42. The van der Waals surface area contributed by atoms with Crippen LogP contribution in [-0.2, 0) is 9.53 Å². The maximum Gasteiger partial charge on any atom is 0.260 e. The summed E-state index contributed by atoms with van der Waals surface area (Å²) in [5.74, 6) is 0.506. The van der Waals surface area contributed by atoms with Crippen LogP contribution in [0.3, 0.4) is 0 Å². The monoisotopic (exact) mass is 334 g/mol. The number of hydrogen-bond acceptors (Lipinski definition) is 5. The van der Waals surface area contributed by atoms with E-state index in [1.54, 1.807) is 23.5 Å². The lowest BCUT2D eigenvalue weighted by atomic mass is 9.80. The molecule has 2 saturated heterocycles. The summed E-state index contributed by atoms with van der Waals surface area (Å²) in [5, 5.41) is 0. The van der Waals surface area contributed by atoms with Gasteiger partial charge in [0.15, 0.2) is 5.67 Å². The molecule has 6 nitrogen and oxygen atoms in total. The van der Waals surface area contributed by atoms with Crippen LogP contribution in [0.15, 0.2) is 18.6 Å². The lowest BCUT2D eigenvalue weighted by Gasteiger charge is -2.44. The first kappa shape index (κ1) is 15.7. The van der Waals surface area contributed by atoms with E-state index in [1.807, 2.05) is 0 Å². The Labute approximate surface area is 141 Å². The van der Waals surface area contributed by atoms with Gasteiger partial charge < -0.3 is 14.5 Å². The maximum absolute atomic E-state index is 14.2. The molecule has 1 spiro atoms. The summed E-state index contributed by atoms with van der Waals surface area (Å²) < 4.78 is 20.1. The Balaban J connectivity index is 1.52. The Hall–Kier alpha value is -1.76. The highest BCUT2D eigenvalue weighted by molar-refractivity contribution is 5.88. The van der Waals surface area contributed by atoms with Crippen LogP contribution >= 0.6 is 0 Å². The smallest absolute Gasteiger partial charge is 0.260 e. The molecule has 1 aliphatic carbocycles. The first-order valence-corrected chi connectivity index (χ1v) is 8.67. The molecule has 1 saturated carbocycles. The summed E-state index contributed by atoms with van der Waals surface area (Å²) in [4.78, 5) is 24.9. The largest absolute Gasteiger partial charge is 0.379 e. The fourth-order valence-corrected chi connectivity index (χ4v) is 3.88. The van der Waals surface area contributed by atoms with Gasteiger partial charge in [-0.2, -0.15) is 0 Å². The average Bonchev–Trinajstić information content (AvgIpc) is 3.39. The van der Waals surface area contributed by atoms with Crippen LogP contribution in [-0.4, -0.2) is 65.8 Å². The Bertz CT molecular complexity index is 610. The van der Waals surface area contributed by atoms with Crippen molar-refractivity contribution >= 4 is 11.7 Å². The zero-order valence-corrected chi connectivity index (χ0v) is 13.8. The zero-order chi connectivity index (χ0) is 16.6. The van der Waals surface area contributed by atoms with E-state index >= 15 is 0 Å². The molecule has 3 heterocycles. The van der Waals surface area contributed by atoms with Gasteiger partial charge in [0.1, 0.15) is 5.82 Å². The maximum atomic E-state index is 14.2. The van der Waals surface area contributed by atoms with Gasteiger partial charge in [0.05, 0.1) is 19.4 Å². The minimum atomic E-state index is -1.59. The molecule has 1 amide bonds. The van der Waals surface area contributed by atoms with E-state index < -0.39 is 5.67 Å². The second-order valence-electron chi connectivity index (χ2n) is 7.33. The van der Waals surface area contributed by atoms with Gasteiger partial charge in [0.25, 0.3) is 5.91 Å². The molecule has 7 heteroatoms. The number of rotatable bonds is 2. The minimum absolute atomic E-state index is 0.160. The number of halogens is 1. The van der Waals surface area contributed by atoms with Gasteiger partial charge in [-0.15, -0.1) is 0 Å². The van der Waals surface area contributed by atoms with Crippen molar-refractivity contribution in [3.8, 4) is 0 Å². The first-order chi connectivity index (χ1) is 11.6. The van der Waals surface area contributed by atoms with Gasteiger partial charge in [-0.3, -0.25) is 9.78 Å². The molecule has 0 radical (unpaired) electrons. The van der Waals surface area contributed by atoms with Gasteiger partial charge in [-0.1, -0.05) is 0 Å². The molecule has 24 heavy (non-hydrogen) atoms. The van der Waals surface area contributed by atoms with E-state index in [4.69, 9.17) is 4.74 Å². The van der Waals surface area contributed by atoms with Crippen molar-refractivity contribution in [1.82, 2.24) is 14.9 Å². The lowest BCUT2D eigenvalue weighted by Crippen LogP contribution is -2.54. The number of piperidine rings is 1. The van der Waals surface area contributed by atoms with Gasteiger partial charge in [-0.25, -0.2) is 9.37 Å². The third-order valence-electron chi connectivity index (χ3n) is 5.33. The number of hydrogen-bond donors (Lipinski definition) is 0. The van der Waals surface area contributed by atoms with Crippen molar-refractivity contribution in [3.05, 3.63) is 18.6 Å². The van der Waals surface area contributed by atoms with Crippen molar-refractivity contribution in [1.29, 1.82) is 0 Å². The van der Waals surface area contributed by atoms with Crippen molar-refractivity contribution in [2.75, 3.05) is 44.3 Å². The number of anilines is 1. The summed E-state index contributed by atoms with van der Waals surface area (Å²) >= 11 is 0. The van der Waals surface area contributed by atoms with Gasteiger partial charge in [0, 0.05) is 44.0 Å². The second-order valence-corrected chi connectivity index (χ2v) is 7.33. The van der Waals surface area contributed by atoms with Crippen LogP contribution in [0.4, 0.5) is 10.2 Å². The number of amides is 1. The number of likely N-dealkylation sites (tertiary alicyclic amines) is 1. The molecule has 1 aromatic heterocycles. The molecule has 0 N–H and O–H groups in total. The van der Waals surface area contributed by atoms with Gasteiger partial charge in [-0.05, 0) is 25.7 Å². The van der Waals surface area contributed by atoms with E-state index in [2.05, 4.69) is 14.9 Å². The summed E-state index contributed by atoms with van der Waals surface area (Å²) in [7, 11) is 0. The van der Waals surface area contributed by atoms with Gasteiger partial charge >= 0.3 is 0 Å². The highest BCUT2D eigenvalue weighted by atomic mass is 19.1. The van der Waals surface area contributed by atoms with E-state index in [1.165, 1.54) is 0 Å². The van der Waals surface area contributed by atoms with Crippen molar-refractivity contribution < 1.29 is 13.9 Å². The van der Waals surface area contributed by atoms with Crippen LogP contribution in [0.25, 0.3) is 0 Å². The molecule has 1 unspecified atom stereocenters. The summed E-state index contributed by atoms with van der Waals surface area (Å²) in [6, 6.07) is 0. The standard InChI is InChI=1S/C17H23FN4O2/c18-17(3-4-17)15(23)22-7-1-2-16(12-22)11-21(8-9-24-13-16)14-10-19-5-6-20-14/h5-6,10H,1-4,7-9,11-13H2. The average molecular weight is 334 g/mol. The van der Waals surface area contributed by atoms with E-state index in [0.717, 1.165) is 31.7 Å². The lowest BCUT2D eigenvalue weighted by molar-refractivity contribution is -0.142. The number of carbonyl (C=O) groups is 1. The third-order valence-corrected chi connectivity index (χ3v) is 5.33. The van der Waals surface area contributed by atoms with Crippen LogP contribution in [0.1, 0.15) is 25.7 Å². The summed E-state index contributed by atoms with van der Waals surface area (Å²) in [6.45, 7) is 3.95. The third kappa shape index (κ3) is 2.97. The predicted molar refractivity (Wildman–Crippen MR) is 86.4 cm³/mol. The number of carbonyl (C=O) groups excluding carboxylic acids is 1. The second kappa shape index (κ2) is 5.95. The van der Waals surface area contributed by atoms with Crippen molar-refractivity contribution in [3.63, 3.8) is 0 Å². The molecule has 4 rings (SSSR count). The molecule has 3 fully saturated rings. The quantitative estimate of drug-likeness (QED) is 0.819. The molecule has 2 aliphatic heterocycles. The molecule has 130 valence electrons. The number of aromatic nitrogens is 2. The minimum Gasteiger partial charge on any atom is -0.379 e. The Morgan fingerprint density at radius 2 is 2.08 bits per heavy atom. The topological polar surface area (TPSA) is 58.6 Å². The Kier molecular flexibility index (Phi) is 3.90. The van der Waals surface area contributed by atoms with Crippen molar-refractivity contribution in [2.24, 2.45) is 5.41 Å². The zero-order valence-electron chi connectivity index (χ0n) is 13.8. The fraction of sp³-hybridized carbons (Fsp3) is 0.706. The van der Waals surface area contributed by atoms with E-state index in [-0.39, 0.29) is 11.3 Å². The normalized spacial score (nSPS) is 29.4. The fourth-order valence-electron chi connectivity index (χ4n) is 3.88. The highest BCUT2D eigenvalue weighted by Crippen LogP contribution is 2.43. The van der Waals surface area contributed by atoms with E-state index in [9.17, 15) is 9.18 Å². The number of alkyl halides is 1. The Morgan fingerprint density at radius 3 is 2.83 bits per heavy atom. The molecule has 3 aliphatic rings. The number of ether oxygens (including phenoxy) is 1. The molecule has 0 bridgehead atoms. The molecule has 1 atom stereocenters. The molecular weight excluding hydrogens is 311 g/mol. The van der Waals surface area contributed by atoms with Gasteiger partial charge in [0.2, 0.25) is 0 Å². The summed E-state index contributed by atoms with van der Waals surface area (Å²) in [5.41, 5.74) is -1.75. The molecular formula is C17H23FN4O2. The molecule has 1 aromatic rings. The van der Waals surface area contributed by atoms with Crippen molar-refractivity contribution in [2.45, 2.75) is 31.4 Å². The first-order valence-electron chi connectivity index (χ1n) is 8.67. The number of nitrogens with zero attached hydrogens (tertiary/aromatic N) is 4.